The fourth-order valence-corrected chi connectivity index (χ4v) is 3.59. The zero-order chi connectivity index (χ0) is 20.6. The summed E-state index contributed by atoms with van der Waals surface area (Å²) in [5, 5.41) is 6.42. The van der Waals surface area contributed by atoms with Crippen molar-refractivity contribution in [1.82, 2.24) is 10.2 Å². The van der Waals surface area contributed by atoms with Crippen molar-refractivity contribution in [2.24, 2.45) is 0 Å². The second-order valence-corrected chi connectivity index (χ2v) is 7.66. The summed E-state index contributed by atoms with van der Waals surface area (Å²) in [6, 6.07) is 15.2. The Balaban J connectivity index is 1.45. The molecular formula is C22H26ClN3O3. The molecule has 2 amide bonds. The molecule has 0 radical (unpaired) electrons. The van der Waals surface area contributed by atoms with E-state index in [4.69, 9.17) is 16.3 Å². The van der Waals surface area contributed by atoms with Crippen LogP contribution in [0, 0.1) is 0 Å². The third kappa shape index (κ3) is 7.16. The largest absolute Gasteiger partial charge is 0.374 e. The molecule has 0 aliphatic carbocycles. The Morgan fingerprint density at radius 1 is 1.17 bits per heavy atom. The summed E-state index contributed by atoms with van der Waals surface area (Å²) >= 11 is 6.07. The lowest BCUT2D eigenvalue weighted by atomic mass is 10.1. The van der Waals surface area contributed by atoms with Crippen LogP contribution >= 0.6 is 11.6 Å². The molecule has 1 atom stereocenters. The minimum Gasteiger partial charge on any atom is -0.374 e. The highest BCUT2D eigenvalue weighted by Crippen LogP contribution is 2.15. The van der Waals surface area contributed by atoms with Crippen molar-refractivity contribution in [1.29, 1.82) is 0 Å². The van der Waals surface area contributed by atoms with E-state index in [2.05, 4.69) is 21.6 Å². The number of ether oxygens (including phenoxy) is 1. The van der Waals surface area contributed by atoms with E-state index >= 15 is 0 Å². The Labute approximate surface area is 176 Å². The molecule has 1 aliphatic rings. The maximum atomic E-state index is 12.3. The molecule has 2 aromatic rings. The summed E-state index contributed by atoms with van der Waals surface area (Å²) in [6.45, 7) is 4.98. The minimum atomic E-state index is -0.136. The number of nitrogens with one attached hydrogen (secondary N) is 2. The summed E-state index contributed by atoms with van der Waals surface area (Å²) in [5.74, 6) is -0.205. The van der Waals surface area contributed by atoms with Crippen LogP contribution in [-0.4, -0.2) is 49.1 Å². The number of hydrogen-bond donors (Lipinski definition) is 2. The molecule has 2 N–H and O–H groups in total. The molecule has 0 aromatic heterocycles. The Kier molecular flexibility index (Phi) is 7.63. The third-order valence-corrected chi connectivity index (χ3v) is 4.89. The van der Waals surface area contributed by atoms with Crippen molar-refractivity contribution in [3.8, 4) is 0 Å². The van der Waals surface area contributed by atoms with Crippen LogP contribution in [0.2, 0.25) is 5.02 Å². The number of halogens is 1. The van der Waals surface area contributed by atoms with Gasteiger partial charge in [-0.25, -0.2) is 0 Å². The molecule has 1 heterocycles. The fourth-order valence-electron chi connectivity index (χ4n) is 3.38. The maximum absolute atomic E-state index is 12.3. The number of anilines is 1. The third-order valence-electron chi connectivity index (χ3n) is 4.66. The highest BCUT2D eigenvalue weighted by Gasteiger charge is 2.21. The topological polar surface area (TPSA) is 70.7 Å². The van der Waals surface area contributed by atoms with E-state index in [9.17, 15) is 9.59 Å². The summed E-state index contributed by atoms with van der Waals surface area (Å²) in [5.41, 5.74) is 2.71. The molecule has 7 heteroatoms. The van der Waals surface area contributed by atoms with Gasteiger partial charge in [0.2, 0.25) is 11.8 Å². The second kappa shape index (κ2) is 10.4. The van der Waals surface area contributed by atoms with Gasteiger partial charge in [-0.3, -0.25) is 14.5 Å². The normalized spacial score (nSPS) is 17.0. The number of rotatable bonds is 7. The monoisotopic (exact) mass is 415 g/mol. The van der Waals surface area contributed by atoms with E-state index in [0.717, 1.165) is 30.2 Å². The molecule has 1 unspecified atom stereocenters. The van der Waals surface area contributed by atoms with Gasteiger partial charge in [0.05, 0.1) is 19.1 Å². The molecule has 154 valence electrons. The van der Waals surface area contributed by atoms with Crippen molar-refractivity contribution in [3.05, 3.63) is 64.7 Å². The summed E-state index contributed by atoms with van der Waals surface area (Å²) in [7, 11) is 0. The van der Waals surface area contributed by atoms with Crippen LogP contribution < -0.4 is 10.6 Å². The lowest BCUT2D eigenvalue weighted by Gasteiger charge is -2.33. The Morgan fingerprint density at radius 3 is 2.76 bits per heavy atom. The smallest absolute Gasteiger partial charge is 0.224 e. The lowest BCUT2D eigenvalue weighted by Crippen LogP contribution is -2.47. The number of morpholine rings is 1. The van der Waals surface area contributed by atoms with Crippen LogP contribution in [0.3, 0.4) is 0 Å². The second-order valence-electron chi connectivity index (χ2n) is 7.22. The molecule has 1 aliphatic heterocycles. The first-order chi connectivity index (χ1) is 14.0. The van der Waals surface area contributed by atoms with Gasteiger partial charge in [0.1, 0.15) is 0 Å². The average molecular weight is 416 g/mol. The Bertz CT molecular complexity index is 859. The quantitative estimate of drug-likeness (QED) is 0.729. The number of carbonyl (C=O) groups excluding carboxylic acids is 2. The fraction of sp³-hybridized carbons (Fsp3) is 0.364. The number of carbonyl (C=O) groups is 2. The highest BCUT2D eigenvalue weighted by atomic mass is 35.5. The molecule has 1 fully saturated rings. The van der Waals surface area contributed by atoms with Gasteiger partial charge in [-0.2, -0.15) is 0 Å². The number of nitrogens with zero attached hydrogens (tertiary/aromatic N) is 1. The van der Waals surface area contributed by atoms with Crippen molar-refractivity contribution >= 4 is 29.1 Å². The Hall–Kier alpha value is -2.41. The molecule has 3 rings (SSSR count). The summed E-state index contributed by atoms with van der Waals surface area (Å²) in [6.07, 6.45) is 0.212. The van der Waals surface area contributed by atoms with Gasteiger partial charge in [0, 0.05) is 43.8 Å². The standard InChI is InChI=1S/C22H26ClN3O3/c1-16(27)25-20-7-3-4-17(11-20)12-22(28)24-13-21-15-26(8-9-29-21)14-18-5-2-6-19(23)10-18/h2-7,10-11,21H,8-9,12-15H2,1H3,(H,24,28)(H,25,27). The molecule has 6 nitrogen and oxygen atoms in total. The summed E-state index contributed by atoms with van der Waals surface area (Å²) in [4.78, 5) is 25.8. The van der Waals surface area contributed by atoms with E-state index in [1.54, 1.807) is 6.07 Å². The predicted octanol–water partition coefficient (Wildman–Crippen LogP) is 2.86. The molecule has 0 spiro atoms. The van der Waals surface area contributed by atoms with Crippen LogP contribution in [0.4, 0.5) is 5.69 Å². The average Bonchev–Trinajstić information content (AvgIpc) is 2.66. The molecule has 29 heavy (non-hydrogen) atoms. The van der Waals surface area contributed by atoms with Crippen LogP contribution in [-0.2, 0) is 27.3 Å². The maximum Gasteiger partial charge on any atom is 0.224 e. The van der Waals surface area contributed by atoms with Gasteiger partial charge < -0.3 is 15.4 Å². The number of amides is 2. The number of benzene rings is 2. The summed E-state index contributed by atoms with van der Waals surface area (Å²) < 4.78 is 5.80. The van der Waals surface area contributed by atoms with Gasteiger partial charge in [-0.05, 0) is 35.4 Å². The number of hydrogen-bond acceptors (Lipinski definition) is 4. The first-order valence-electron chi connectivity index (χ1n) is 9.69. The molecule has 0 saturated carbocycles. The first kappa shape index (κ1) is 21.3. The van der Waals surface area contributed by atoms with Gasteiger partial charge in [-0.15, -0.1) is 0 Å². The zero-order valence-corrected chi connectivity index (χ0v) is 17.2. The van der Waals surface area contributed by atoms with Gasteiger partial charge in [0.15, 0.2) is 0 Å². The molecular weight excluding hydrogens is 390 g/mol. The Morgan fingerprint density at radius 2 is 1.97 bits per heavy atom. The molecule has 0 bridgehead atoms. The van der Waals surface area contributed by atoms with Crippen LogP contribution in [0.5, 0.6) is 0 Å². The predicted molar refractivity (Wildman–Crippen MR) is 114 cm³/mol. The van der Waals surface area contributed by atoms with Crippen molar-refractivity contribution in [3.63, 3.8) is 0 Å². The SMILES string of the molecule is CC(=O)Nc1cccc(CC(=O)NCC2CN(Cc3cccc(Cl)c3)CCO2)c1. The van der Waals surface area contributed by atoms with E-state index in [1.165, 1.54) is 12.5 Å². The van der Waals surface area contributed by atoms with E-state index in [-0.39, 0.29) is 24.3 Å². The van der Waals surface area contributed by atoms with Crippen LogP contribution in [0.25, 0.3) is 0 Å². The van der Waals surface area contributed by atoms with E-state index < -0.39 is 0 Å². The lowest BCUT2D eigenvalue weighted by molar-refractivity contribution is -0.121. The van der Waals surface area contributed by atoms with Crippen LogP contribution in [0.1, 0.15) is 18.1 Å². The van der Waals surface area contributed by atoms with Gasteiger partial charge in [-0.1, -0.05) is 35.9 Å². The zero-order valence-electron chi connectivity index (χ0n) is 16.5. The van der Waals surface area contributed by atoms with Crippen LogP contribution in [0.15, 0.2) is 48.5 Å². The highest BCUT2D eigenvalue weighted by molar-refractivity contribution is 6.30. The van der Waals surface area contributed by atoms with Gasteiger partial charge in [0.25, 0.3) is 0 Å². The van der Waals surface area contributed by atoms with Gasteiger partial charge >= 0.3 is 0 Å². The molecule has 2 aromatic carbocycles. The van der Waals surface area contributed by atoms with E-state index in [0.29, 0.717) is 18.8 Å². The van der Waals surface area contributed by atoms with Crippen molar-refractivity contribution in [2.75, 3.05) is 31.6 Å². The van der Waals surface area contributed by atoms with E-state index in [1.807, 2.05) is 36.4 Å². The minimum absolute atomic E-state index is 0.0439. The first-order valence-corrected chi connectivity index (χ1v) is 10.1. The van der Waals surface area contributed by atoms with Crippen molar-refractivity contribution < 1.29 is 14.3 Å². The van der Waals surface area contributed by atoms with Crippen molar-refractivity contribution in [2.45, 2.75) is 26.0 Å². The molecule has 1 saturated heterocycles.